The Morgan fingerprint density at radius 2 is 1.80 bits per heavy atom. The van der Waals surface area contributed by atoms with E-state index in [2.05, 4.69) is 36.8 Å². The van der Waals surface area contributed by atoms with E-state index in [1.165, 1.54) is 25.6 Å². The van der Waals surface area contributed by atoms with Crippen molar-refractivity contribution >= 4 is 39.2 Å². The Morgan fingerprint density at radius 1 is 1.05 bits per heavy atom. The van der Waals surface area contributed by atoms with Gasteiger partial charge in [-0.2, -0.15) is 5.10 Å². The summed E-state index contributed by atoms with van der Waals surface area (Å²) < 4.78 is 34.1. The summed E-state index contributed by atoms with van der Waals surface area (Å²) in [6, 6.07) is 20.9. The summed E-state index contributed by atoms with van der Waals surface area (Å²) in [5.41, 5.74) is 9.16. The number of hydrogen-bond donors (Lipinski definition) is 1. The third-order valence-corrected chi connectivity index (χ3v) is 11.7. The summed E-state index contributed by atoms with van der Waals surface area (Å²) >= 11 is 0. The second kappa shape index (κ2) is 13.8. The zero-order valence-corrected chi connectivity index (χ0v) is 31.6. The van der Waals surface area contributed by atoms with E-state index in [9.17, 15) is 14.0 Å². The molecule has 3 heterocycles. The Bertz CT molecular complexity index is 2550. The van der Waals surface area contributed by atoms with Gasteiger partial charge in [0.2, 0.25) is 0 Å². The van der Waals surface area contributed by atoms with Crippen LogP contribution in [0.3, 0.4) is 0 Å². The Kier molecular flexibility index (Phi) is 9.06. The second-order valence-corrected chi connectivity index (χ2v) is 15.7. The van der Waals surface area contributed by atoms with Gasteiger partial charge in [0.05, 0.1) is 23.3 Å². The van der Waals surface area contributed by atoms with Crippen molar-refractivity contribution in [3.63, 3.8) is 0 Å². The molecule has 0 aliphatic heterocycles. The van der Waals surface area contributed by atoms with Gasteiger partial charge < -0.3 is 19.6 Å². The molecule has 3 aromatic heterocycles. The number of methoxy groups -OCH3 is 1. The highest BCUT2D eigenvalue weighted by Gasteiger charge is 2.69. The number of rotatable bonds is 8. The SMILES string of the molecule is COc1cc(F)cc(-c2nn(C(C)c3oc(=O)c4ccccc4c3C3=CC(C)CC4(C(=O)OCc5ccccc5)CC4(C)CC(C)C3)c3ncnc(N)c23)c1. The molecule has 1 saturated carbocycles. The minimum atomic E-state index is -0.669. The molecule has 0 radical (unpaired) electrons. The van der Waals surface area contributed by atoms with Gasteiger partial charge in [0.1, 0.15) is 47.8 Å². The number of ether oxygens (including phenoxy) is 2. The number of nitrogens with zero attached hydrogens (tertiary/aromatic N) is 4. The highest BCUT2D eigenvalue weighted by atomic mass is 19.1. The number of nitrogen functional groups attached to an aromatic ring is 1. The molecule has 5 unspecified atom stereocenters. The molecular formula is C44H44FN5O5. The van der Waals surface area contributed by atoms with Crippen LogP contribution in [0.1, 0.15) is 76.3 Å². The van der Waals surface area contributed by atoms with Crippen molar-refractivity contribution in [3.8, 4) is 17.0 Å². The number of allylic oxidation sites excluding steroid dienone is 2. The lowest BCUT2D eigenvalue weighted by atomic mass is 9.81. The molecule has 2 N–H and O–H groups in total. The number of carbonyl (C=O) groups is 1. The molecule has 1 fully saturated rings. The molecule has 2 aliphatic carbocycles. The standard InChI is InChI=1S/C44H44FN5O5/c1-25-15-29(16-26(2)21-44(23-43(44,4)20-25)42(52)54-22-28-11-7-6-8-12-28)35-33-13-9-10-14-34(33)41(51)55-38(35)27(3)50-40-36(39(46)47-24-48-40)37(49-50)30-17-31(45)19-32(18-30)53-5/h6-14,16-19,24-27H,15,20-23H2,1-5H3,(H2,46,47,48). The van der Waals surface area contributed by atoms with E-state index in [-0.39, 0.29) is 35.6 Å². The zero-order valence-electron chi connectivity index (χ0n) is 31.6. The second-order valence-electron chi connectivity index (χ2n) is 15.7. The van der Waals surface area contributed by atoms with E-state index in [4.69, 9.17) is 24.7 Å². The third kappa shape index (κ3) is 6.35. The Balaban J connectivity index is 1.24. The lowest BCUT2D eigenvalue weighted by molar-refractivity contribution is -0.154. The molecule has 3 aromatic carbocycles. The largest absolute Gasteiger partial charge is 0.497 e. The van der Waals surface area contributed by atoms with Crippen LogP contribution in [0, 0.1) is 28.5 Å². The van der Waals surface area contributed by atoms with Crippen LogP contribution in [0.25, 0.3) is 38.6 Å². The summed E-state index contributed by atoms with van der Waals surface area (Å²) in [6.45, 7) is 8.72. The Hall–Kier alpha value is -5.84. The highest BCUT2D eigenvalue weighted by molar-refractivity contribution is 5.99. The monoisotopic (exact) mass is 741 g/mol. The third-order valence-electron chi connectivity index (χ3n) is 11.7. The van der Waals surface area contributed by atoms with Gasteiger partial charge in [-0.25, -0.2) is 23.8 Å². The number of halogens is 1. The van der Waals surface area contributed by atoms with E-state index in [0.717, 1.165) is 34.9 Å². The van der Waals surface area contributed by atoms with Crippen molar-refractivity contribution in [2.75, 3.05) is 12.8 Å². The van der Waals surface area contributed by atoms with Crippen molar-refractivity contribution in [1.29, 1.82) is 0 Å². The maximum absolute atomic E-state index is 14.8. The summed E-state index contributed by atoms with van der Waals surface area (Å²) in [6.07, 6.45) is 6.54. The van der Waals surface area contributed by atoms with E-state index in [1.807, 2.05) is 55.5 Å². The number of benzene rings is 3. The maximum Gasteiger partial charge on any atom is 0.343 e. The molecule has 2 aliphatic rings. The molecular weight excluding hydrogens is 698 g/mol. The molecule has 0 saturated heterocycles. The summed E-state index contributed by atoms with van der Waals surface area (Å²) in [5, 5.41) is 6.63. The van der Waals surface area contributed by atoms with Crippen molar-refractivity contribution in [2.24, 2.45) is 22.7 Å². The average Bonchev–Trinajstić information content (AvgIpc) is 3.52. The highest BCUT2D eigenvalue weighted by Crippen LogP contribution is 2.71. The molecule has 282 valence electrons. The van der Waals surface area contributed by atoms with Crippen molar-refractivity contribution < 1.29 is 23.1 Å². The molecule has 8 rings (SSSR count). The smallest absolute Gasteiger partial charge is 0.343 e. The number of anilines is 1. The van der Waals surface area contributed by atoms with E-state index in [1.54, 1.807) is 16.8 Å². The fourth-order valence-electron chi connectivity index (χ4n) is 9.13. The maximum atomic E-state index is 14.8. The van der Waals surface area contributed by atoms with Crippen LogP contribution in [0.15, 0.2) is 94.4 Å². The van der Waals surface area contributed by atoms with Gasteiger partial charge in [-0.1, -0.05) is 75.4 Å². The fourth-order valence-corrected chi connectivity index (χ4v) is 9.13. The van der Waals surface area contributed by atoms with E-state index >= 15 is 0 Å². The predicted molar refractivity (Wildman–Crippen MR) is 210 cm³/mol. The van der Waals surface area contributed by atoms with Crippen molar-refractivity contribution in [3.05, 3.63) is 118 Å². The molecule has 10 nitrogen and oxygen atoms in total. The predicted octanol–water partition coefficient (Wildman–Crippen LogP) is 8.92. The number of nitrogens with two attached hydrogens (primary N) is 1. The van der Waals surface area contributed by atoms with Crippen LogP contribution in [0.4, 0.5) is 10.2 Å². The zero-order chi connectivity index (χ0) is 38.6. The van der Waals surface area contributed by atoms with Gasteiger partial charge in [-0.05, 0) is 84.6 Å². The van der Waals surface area contributed by atoms with Gasteiger partial charge in [0.15, 0.2) is 5.65 Å². The Morgan fingerprint density at radius 3 is 2.56 bits per heavy atom. The molecule has 5 atom stereocenters. The number of esters is 1. The lowest BCUT2D eigenvalue weighted by Crippen LogP contribution is -2.27. The lowest BCUT2D eigenvalue weighted by Gasteiger charge is -2.24. The Labute approximate surface area is 318 Å². The van der Waals surface area contributed by atoms with Gasteiger partial charge in [0, 0.05) is 17.2 Å². The topological polar surface area (TPSA) is 135 Å². The number of carbonyl (C=O) groups excluding carboxylic acids is 1. The van der Waals surface area contributed by atoms with Crippen LogP contribution >= 0.6 is 0 Å². The quantitative estimate of drug-likeness (QED) is 0.152. The summed E-state index contributed by atoms with van der Waals surface area (Å²) in [5.74, 6) is 0.436. The first-order valence-electron chi connectivity index (χ1n) is 18.7. The van der Waals surface area contributed by atoms with E-state index < -0.39 is 22.9 Å². The number of fused-ring (bicyclic) bond motifs is 3. The van der Waals surface area contributed by atoms with Crippen molar-refractivity contribution in [1.82, 2.24) is 19.7 Å². The van der Waals surface area contributed by atoms with E-state index in [0.29, 0.717) is 52.0 Å². The molecule has 55 heavy (non-hydrogen) atoms. The number of hydrogen-bond acceptors (Lipinski definition) is 9. The van der Waals surface area contributed by atoms with Crippen LogP contribution < -0.4 is 16.1 Å². The molecule has 0 bridgehead atoms. The van der Waals surface area contributed by atoms with Gasteiger partial charge in [-0.15, -0.1) is 0 Å². The van der Waals surface area contributed by atoms with Gasteiger partial charge in [0.25, 0.3) is 0 Å². The van der Waals surface area contributed by atoms with Crippen LogP contribution in [0.5, 0.6) is 5.75 Å². The molecule has 11 heteroatoms. The minimum Gasteiger partial charge on any atom is -0.497 e. The first-order valence-corrected chi connectivity index (χ1v) is 18.7. The fraction of sp³-hybridized carbons (Fsp3) is 0.341. The van der Waals surface area contributed by atoms with Gasteiger partial charge in [-0.3, -0.25) is 4.79 Å². The molecule has 0 spiro atoms. The molecule has 0 amide bonds. The van der Waals surface area contributed by atoms with Gasteiger partial charge >= 0.3 is 11.6 Å². The average molecular weight is 742 g/mol. The van der Waals surface area contributed by atoms with Crippen LogP contribution in [0.2, 0.25) is 0 Å². The van der Waals surface area contributed by atoms with Crippen LogP contribution in [-0.4, -0.2) is 32.8 Å². The van der Waals surface area contributed by atoms with Crippen LogP contribution in [-0.2, 0) is 16.1 Å². The normalized spacial score (nSPS) is 22.9. The first kappa shape index (κ1) is 36.2. The number of aromatic nitrogens is 4. The summed E-state index contributed by atoms with van der Waals surface area (Å²) in [7, 11) is 1.47. The summed E-state index contributed by atoms with van der Waals surface area (Å²) in [4.78, 5) is 36.5. The van der Waals surface area contributed by atoms with Crippen molar-refractivity contribution in [2.45, 2.75) is 66.0 Å². The molecule has 6 aromatic rings. The first-order chi connectivity index (χ1) is 26.4. The minimum absolute atomic E-state index is 0.00659.